The number of aryl methyl sites for hydroxylation is 2. The third-order valence-electron chi connectivity index (χ3n) is 3.20. The molecule has 96 valence electrons. The lowest BCUT2D eigenvalue weighted by Crippen LogP contribution is -2.22. The van der Waals surface area contributed by atoms with Crippen molar-refractivity contribution in [3.8, 4) is 0 Å². The summed E-state index contributed by atoms with van der Waals surface area (Å²) >= 11 is 3.43. The Hall–Kier alpha value is -1.13. The van der Waals surface area contributed by atoms with Crippen molar-refractivity contribution < 1.29 is 5.11 Å². The number of rotatable bonds is 4. The molecule has 0 bridgehead atoms. The van der Waals surface area contributed by atoms with Crippen molar-refractivity contribution in [3.63, 3.8) is 0 Å². The van der Waals surface area contributed by atoms with Crippen molar-refractivity contribution in [2.75, 3.05) is 0 Å². The van der Waals surface area contributed by atoms with Crippen LogP contribution in [0.25, 0.3) is 0 Å². The lowest BCUT2D eigenvalue weighted by atomic mass is 9.91. The van der Waals surface area contributed by atoms with Gasteiger partial charge in [-0.15, -0.1) is 0 Å². The average Bonchev–Trinajstić information content (AvgIpc) is 2.72. The van der Waals surface area contributed by atoms with Crippen LogP contribution in [0, 0.1) is 0 Å². The lowest BCUT2D eigenvalue weighted by Gasteiger charge is -2.24. The SMILES string of the molecule is Cn1ccnc1CCC(C)(O)c1cccc(Br)c1. The number of aliphatic hydroxyl groups is 1. The molecule has 0 saturated carbocycles. The van der Waals surface area contributed by atoms with Gasteiger partial charge in [-0.1, -0.05) is 28.1 Å². The molecule has 1 aromatic heterocycles. The van der Waals surface area contributed by atoms with Crippen LogP contribution in [0.4, 0.5) is 0 Å². The van der Waals surface area contributed by atoms with Crippen LogP contribution in [0.2, 0.25) is 0 Å². The highest BCUT2D eigenvalue weighted by Crippen LogP contribution is 2.27. The quantitative estimate of drug-likeness (QED) is 0.943. The highest BCUT2D eigenvalue weighted by Gasteiger charge is 2.23. The second kappa shape index (κ2) is 5.24. The second-order valence-electron chi connectivity index (χ2n) is 4.74. The molecule has 1 heterocycles. The fourth-order valence-corrected chi connectivity index (χ4v) is 2.36. The molecule has 4 heteroatoms. The van der Waals surface area contributed by atoms with E-state index < -0.39 is 5.60 Å². The van der Waals surface area contributed by atoms with E-state index in [1.807, 2.05) is 49.0 Å². The molecule has 18 heavy (non-hydrogen) atoms. The first-order valence-corrected chi connectivity index (χ1v) is 6.73. The van der Waals surface area contributed by atoms with Gasteiger partial charge in [-0.2, -0.15) is 0 Å². The van der Waals surface area contributed by atoms with E-state index in [1.165, 1.54) is 0 Å². The number of nitrogens with zero attached hydrogens (tertiary/aromatic N) is 2. The standard InChI is InChI=1S/C14H17BrN2O/c1-14(18,11-4-3-5-12(15)10-11)7-6-13-16-8-9-17(13)2/h3-5,8-10,18H,6-7H2,1-2H3. The van der Waals surface area contributed by atoms with Crippen molar-refractivity contribution in [2.45, 2.75) is 25.4 Å². The maximum Gasteiger partial charge on any atom is 0.108 e. The van der Waals surface area contributed by atoms with E-state index in [0.29, 0.717) is 6.42 Å². The molecule has 1 aromatic carbocycles. The van der Waals surface area contributed by atoms with Gasteiger partial charge in [0.25, 0.3) is 0 Å². The molecule has 0 radical (unpaired) electrons. The minimum atomic E-state index is -0.838. The Morgan fingerprint density at radius 2 is 2.22 bits per heavy atom. The van der Waals surface area contributed by atoms with E-state index in [-0.39, 0.29) is 0 Å². The van der Waals surface area contributed by atoms with Gasteiger partial charge in [-0.3, -0.25) is 0 Å². The Balaban J connectivity index is 2.10. The van der Waals surface area contributed by atoms with E-state index in [2.05, 4.69) is 20.9 Å². The second-order valence-corrected chi connectivity index (χ2v) is 5.65. The third-order valence-corrected chi connectivity index (χ3v) is 3.70. The van der Waals surface area contributed by atoms with Crippen molar-refractivity contribution in [1.82, 2.24) is 9.55 Å². The molecule has 0 amide bonds. The van der Waals surface area contributed by atoms with Gasteiger partial charge in [0.15, 0.2) is 0 Å². The first-order valence-electron chi connectivity index (χ1n) is 5.94. The molecule has 0 aliphatic rings. The Morgan fingerprint density at radius 3 is 2.83 bits per heavy atom. The average molecular weight is 309 g/mol. The highest BCUT2D eigenvalue weighted by molar-refractivity contribution is 9.10. The van der Waals surface area contributed by atoms with E-state index in [9.17, 15) is 5.11 Å². The van der Waals surface area contributed by atoms with Gasteiger partial charge in [0.05, 0.1) is 5.60 Å². The van der Waals surface area contributed by atoms with E-state index in [0.717, 1.165) is 22.3 Å². The molecule has 3 nitrogen and oxygen atoms in total. The predicted molar refractivity (Wildman–Crippen MR) is 75.2 cm³/mol. The van der Waals surface area contributed by atoms with Gasteiger partial charge in [-0.05, 0) is 31.0 Å². The molecule has 0 fully saturated rings. The summed E-state index contributed by atoms with van der Waals surface area (Å²) in [6, 6.07) is 7.80. The van der Waals surface area contributed by atoms with Crippen molar-refractivity contribution in [3.05, 3.63) is 52.5 Å². The van der Waals surface area contributed by atoms with Crippen LogP contribution < -0.4 is 0 Å². The first kappa shape index (κ1) is 13.3. The fourth-order valence-electron chi connectivity index (χ4n) is 1.96. The van der Waals surface area contributed by atoms with E-state index in [1.54, 1.807) is 6.20 Å². The summed E-state index contributed by atoms with van der Waals surface area (Å²) in [6.45, 7) is 1.84. The predicted octanol–water partition coefficient (Wildman–Crippen LogP) is 3.02. The fraction of sp³-hybridized carbons (Fsp3) is 0.357. The summed E-state index contributed by atoms with van der Waals surface area (Å²) in [5, 5.41) is 10.5. The van der Waals surface area contributed by atoms with Crippen LogP contribution in [-0.2, 0) is 19.1 Å². The molecular weight excluding hydrogens is 292 g/mol. The van der Waals surface area contributed by atoms with Gasteiger partial charge in [0.1, 0.15) is 5.82 Å². The zero-order valence-corrected chi connectivity index (χ0v) is 12.2. The molecule has 0 aliphatic carbocycles. The summed E-state index contributed by atoms with van der Waals surface area (Å²) in [5.74, 6) is 0.991. The highest BCUT2D eigenvalue weighted by atomic mass is 79.9. The Bertz CT molecular complexity index is 534. The molecule has 2 aromatic rings. The van der Waals surface area contributed by atoms with Gasteiger partial charge >= 0.3 is 0 Å². The Kier molecular flexibility index (Phi) is 3.88. The topological polar surface area (TPSA) is 38.0 Å². The maximum absolute atomic E-state index is 10.5. The third kappa shape index (κ3) is 3.00. The summed E-state index contributed by atoms with van der Waals surface area (Å²) in [5.41, 5.74) is 0.0847. The zero-order chi connectivity index (χ0) is 13.2. The molecule has 0 aliphatic heterocycles. The normalized spacial score (nSPS) is 14.4. The zero-order valence-electron chi connectivity index (χ0n) is 10.6. The van der Waals surface area contributed by atoms with Gasteiger partial charge in [-0.25, -0.2) is 4.98 Å². The van der Waals surface area contributed by atoms with E-state index in [4.69, 9.17) is 0 Å². The van der Waals surface area contributed by atoms with Crippen molar-refractivity contribution in [1.29, 1.82) is 0 Å². The van der Waals surface area contributed by atoms with E-state index >= 15 is 0 Å². The van der Waals surface area contributed by atoms with Gasteiger partial charge in [0, 0.05) is 30.3 Å². The van der Waals surface area contributed by atoms with Crippen molar-refractivity contribution >= 4 is 15.9 Å². The number of hydrogen-bond acceptors (Lipinski definition) is 2. The van der Waals surface area contributed by atoms with Crippen LogP contribution in [-0.4, -0.2) is 14.7 Å². The monoisotopic (exact) mass is 308 g/mol. The minimum absolute atomic E-state index is 0.647. The smallest absolute Gasteiger partial charge is 0.108 e. The van der Waals surface area contributed by atoms with Crippen LogP contribution in [0.1, 0.15) is 24.7 Å². The molecule has 0 saturated heterocycles. The summed E-state index contributed by atoms with van der Waals surface area (Å²) in [7, 11) is 1.97. The van der Waals surface area contributed by atoms with Crippen LogP contribution in [0.3, 0.4) is 0 Å². The Morgan fingerprint density at radius 1 is 1.44 bits per heavy atom. The molecule has 0 spiro atoms. The van der Waals surface area contributed by atoms with Gasteiger partial charge < -0.3 is 9.67 Å². The number of halogens is 1. The molecule has 1 unspecified atom stereocenters. The largest absolute Gasteiger partial charge is 0.385 e. The number of hydrogen-bond donors (Lipinski definition) is 1. The molecule has 2 rings (SSSR count). The van der Waals surface area contributed by atoms with Gasteiger partial charge in [0.2, 0.25) is 0 Å². The number of imidazole rings is 1. The van der Waals surface area contributed by atoms with Crippen LogP contribution in [0.5, 0.6) is 0 Å². The summed E-state index contributed by atoms with van der Waals surface area (Å²) in [6.07, 6.45) is 5.10. The molecule has 1 N–H and O–H groups in total. The molecule has 1 atom stereocenters. The Labute approximate surface area is 116 Å². The van der Waals surface area contributed by atoms with Crippen LogP contribution >= 0.6 is 15.9 Å². The molecular formula is C14H17BrN2O. The minimum Gasteiger partial charge on any atom is -0.385 e. The summed E-state index contributed by atoms with van der Waals surface area (Å²) < 4.78 is 2.97. The number of benzene rings is 1. The summed E-state index contributed by atoms with van der Waals surface area (Å²) in [4.78, 5) is 4.27. The maximum atomic E-state index is 10.5. The number of aromatic nitrogens is 2. The van der Waals surface area contributed by atoms with Crippen LogP contribution in [0.15, 0.2) is 41.1 Å². The van der Waals surface area contributed by atoms with Crippen molar-refractivity contribution in [2.24, 2.45) is 7.05 Å². The lowest BCUT2D eigenvalue weighted by molar-refractivity contribution is 0.0473. The first-order chi connectivity index (χ1) is 8.49.